The minimum absolute atomic E-state index is 0. The Bertz CT molecular complexity index is 589. The number of pyridine rings is 1. The molecule has 0 aliphatic carbocycles. The van der Waals surface area contributed by atoms with E-state index in [1.165, 1.54) is 36.3 Å². The normalized spacial score (nSPS) is 17.5. The summed E-state index contributed by atoms with van der Waals surface area (Å²) in [4.78, 5) is 7.21. The Morgan fingerprint density at radius 2 is 1.88 bits per heavy atom. The first kappa shape index (κ1) is 21.2. The molecule has 142 valence electrons. The van der Waals surface area contributed by atoms with Gasteiger partial charge in [-0.25, -0.2) is 0 Å². The van der Waals surface area contributed by atoms with Gasteiger partial charge in [0.2, 0.25) is 0 Å². The lowest BCUT2D eigenvalue weighted by molar-refractivity contribution is 0.182. The molecule has 26 heavy (non-hydrogen) atoms. The number of nitrogens with zero attached hydrogens (tertiary/aromatic N) is 2. The van der Waals surface area contributed by atoms with Crippen molar-refractivity contribution in [1.82, 2.24) is 15.2 Å². The lowest BCUT2D eigenvalue weighted by atomic mass is 10.1. The van der Waals surface area contributed by atoms with Gasteiger partial charge < -0.3 is 5.32 Å². The van der Waals surface area contributed by atoms with Gasteiger partial charge in [-0.3, -0.25) is 9.88 Å². The Kier molecular flexibility index (Phi) is 10.1. The number of aromatic nitrogens is 1. The molecule has 3 nitrogen and oxygen atoms in total. The van der Waals surface area contributed by atoms with Crippen molar-refractivity contribution >= 4 is 24.2 Å². The van der Waals surface area contributed by atoms with Gasteiger partial charge >= 0.3 is 0 Å². The van der Waals surface area contributed by atoms with Crippen molar-refractivity contribution < 1.29 is 0 Å². The first-order chi connectivity index (χ1) is 12.4. The van der Waals surface area contributed by atoms with E-state index in [0.717, 1.165) is 31.9 Å². The van der Waals surface area contributed by atoms with Crippen LogP contribution < -0.4 is 5.32 Å². The number of hydrogen-bond donors (Lipinski definition) is 1. The predicted octanol–water partition coefficient (Wildman–Crippen LogP) is 4.38. The van der Waals surface area contributed by atoms with Gasteiger partial charge in [0.15, 0.2) is 0 Å². The lowest BCUT2D eigenvalue weighted by Gasteiger charge is -2.30. The molecule has 0 spiro atoms. The van der Waals surface area contributed by atoms with Crippen molar-refractivity contribution in [3.63, 3.8) is 0 Å². The van der Waals surface area contributed by atoms with Crippen LogP contribution in [0.2, 0.25) is 0 Å². The minimum Gasteiger partial charge on any atom is -0.317 e. The third kappa shape index (κ3) is 7.28. The zero-order valence-corrected chi connectivity index (χ0v) is 17.0. The van der Waals surface area contributed by atoms with E-state index < -0.39 is 0 Å². The lowest BCUT2D eigenvalue weighted by Crippen LogP contribution is -2.37. The fourth-order valence-corrected chi connectivity index (χ4v) is 4.34. The second-order valence-corrected chi connectivity index (χ2v) is 7.77. The summed E-state index contributed by atoms with van der Waals surface area (Å²) < 4.78 is 0. The number of benzene rings is 1. The number of thioether (sulfide) groups is 1. The molecule has 2 aromatic rings. The first-order valence-corrected chi connectivity index (χ1v) is 10.5. The summed E-state index contributed by atoms with van der Waals surface area (Å²) in [6, 6.07) is 17.7. The molecule has 5 heteroatoms. The topological polar surface area (TPSA) is 28.2 Å². The third-order valence-electron chi connectivity index (χ3n) is 4.79. The molecule has 1 N–H and O–H groups in total. The van der Waals surface area contributed by atoms with E-state index in [1.807, 2.05) is 24.0 Å². The van der Waals surface area contributed by atoms with Gasteiger partial charge in [-0.2, -0.15) is 11.8 Å². The highest BCUT2D eigenvalue weighted by Crippen LogP contribution is 2.18. The third-order valence-corrected chi connectivity index (χ3v) is 5.80. The van der Waals surface area contributed by atoms with Gasteiger partial charge in [-0.15, -0.1) is 12.4 Å². The van der Waals surface area contributed by atoms with Gasteiger partial charge in [-0.1, -0.05) is 36.4 Å². The molecule has 1 atom stereocenters. The van der Waals surface area contributed by atoms with Crippen LogP contribution in [0.3, 0.4) is 0 Å². The summed E-state index contributed by atoms with van der Waals surface area (Å²) in [6.45, 7) is 4.41. The molecule has 0 bridgehead atoms. The fraction of sp³-hybridized carbons (Fsp3) is 0.476. The molecule has 1 aromatic heterocycles. The number of nitrogens with one attached hydrogen (secondary N) is 1. The highest BCUT2D eigenvalue weighted by atomic mass is 35.5. The molecule has 2 heterocycles. The molecule has 0 amide bonds. The van der Waals surface area contributed by atoms with Gasteiger partial charge in [0.1, 0.15) is 0 Å². The Morgan fingerprint density at radius 3 is 2.69 bits per heavy atom. The van der Waals surface area contributed by atoms with Crippen molar-refractivity contribution in [2.24, 2.45) is 0 Å². The van der Waals surface area contributed by atoms with Crippen LogP contribution in [0.25, 0.3) is 0 Å². The van der Waals surface area contributed by atoms with Crippen molar-refractivity contribution in [3.05, 3.63) is 66.0 Å². The maximum absolute atomic E-state index is 4.55. The Morgan fingerprint density at radius 1 is 1.04 bits per heavy atom. The molecule has 1 unspecified atom stereocenters. The van der Waals surface area contributed by atoms with E-state index in [2.05, 4.69) is 57.7 Å². The summed E-state index contributed by atoms with van der Waals surface area (Å²) in [5, 5.41) is 3.54. The number of rotatable bonds is 8. The highest BCUT2D eigenvalue weighted by Gasteiger charge is 2.20. The molecular formula is C21H30ClN3S. The number of hydrogen-bond acceptors (Lipinski definition) is 4. The monoisotopic (exact) mass is 391 g/mol. The van der Waals surface area contributed by atoms with Crippen LogP contribution in [-0.2, 0) is 12.3 Å². The van der Waals surface area contributed by atoms with Crippen LogP contribution in [0, 0.1) is 0 Å². The Hall–Kier alpha value is -1.07. The van der Waals surface area contributed by atoms with Crippen molar-refractivity contribution in [1.29, 1.82) is 0 Å². The second kappa shape index (κ2) is 12.3. The largest absolute Gasteiger partial charge is 0.317 e. The van der Waals surface area contributed by atoms with E-state index >= 15 is 0 Å². The summed E-state index contributed by atoms with van der Waals surface area (Å²) >= 11 is 2.04. The smallest absolute Gasteiger partial charge is 0.0544 e. The van der Waals surface area contributed by atoms with Crippen molar-refractivity contribution in [2.75, 3.05) is 25.4 Å². The zero-order valence-electron chi connectivity index (χ0n) is 15.3. The van der Waals surface area contributed by atoms with E-state index in [9.17, 15) is 0 Å². The quantitative estimate of drug-likeness (QED) is 0.676. The average molecular weight is 392 g/mol. The van der Waals surface area contributed by atoms with Crippen molar-refractivity contribution in [2.45, 2.75) is 37.6 Å². The van der Waals surface area contributed by atoms with Gasteiger partial charge in [-0.05, 0) is 50.0 Å². The SMILES string of the molecule is Cl.c1ccc(CSCCN(Cc2ccccn2)C2CCCNCC2)cc1. The molecule has 1 saturated heterocycles. The maximum Gasteiger partial charge on any atom is 0.0544 e. The summed E-state index contributed by atoms with van der Waals surface area (Å²) in [6.07, 6.45) is 5.73. The molecule has 1 aromatic carbocycles. The highest BCUT2D eigenvalue weighted by molar-refractivity contribution is 7.98. The summed E-state index contributed by atoms with van der Waals surface area (Å²) in [7, 11) is 0. The standard InChI is InChI=1S/C21H29N3S.ClH/c1-2-7-19(8-3-1)18-25-16-15-24(17-20-9-4-5-13-23-20)21-10-6-12-22-14-11-21;/h1-5,7-9,13,21-22H,6,10-12,14-18H2;1H. The van der Waals surface area contributed by atoms with Crippen LogP contribution in [0.1, 0.15) is 30.5 Å². The fourth-order valence-electron chi connectivity index (χ4n) is 3.40. The second-order valence-electron chi connectivity index (χ2n) is 6.66. The van der Waals surface area contributed by atoms with Crippen LogP contribution >= 0.6 is 24.2 Å². The number of halogens is 1. The minimum atomic E-state index is 0. The van der Waals surface area contributed by atoms with E-state index in [-0.39, 0.29) is 12.4 Å². The average Bonchev–Trinajstić information content (AvgIpc) is 2.95. The van der Waals surface area contributed by atoms with E-state index in [4.69, 9.17) is 0 Å². The Labute approximate surface area is 168 Å². The molecule has 1 fully saturated rings. The van der Waals surface area contributed by atoms with Crippen LogP contribution in [0.5, 0.6) is 0 Å². The molecule has 0 radical (unpaired) electrons. The molecule has 1 aliphatic heterocycles. The molecule has 1 aliphatic rings. The maximum atomic E-state index is 4.55. The van der Waals surface area contributed by atoms with Crippen LogP contribution in [0.15, 0.2) is 54.7 Å². The zero-order chi connectivity index (χ0) is 17.2. The molecule has 3 rings (SSSR count). The van der Waals surface area contributed by atoms with Crippen molar-refractivity contribution in [3.8, 4) is 0 Å². The summed E-state index contributed by atoms with van der Waals surface area (Å²) in [5.41, 5.74) is 2.61. The Balaban J connectivity index is 0.00000243. The molecule has 0 saturated carbocycles. The van der Waals surface area contributed by atoms with Gasteiger partial charge in [0.25, 0.3) is 0 Å². The van der Waals surface area contributed by atoms with Crippen LogP contribution in [0.4, 0.5) is 0 Å². The van der Waals surface area contributed by atoms with Crippen LogP contribution in [-0.4, -0.2) is 41.3 Å². The van der Waals surface area contributed by atoms with E-state index in [0.29, 0.717) is 6.04 Å². The van der Waals surface area contributed by atoms with E-state index in [1.54, 1.807) is 0 Å². The first-order valence-electron chi connectivity index (χ1n) is 9.38. The van der Waals surface area contributed by atoms with Gasteiger partial charge in [0.05, 0.1) is 5.69 Å². The predicted molar refractivity (Wildman–Crippen MR) is 115 cm³/mol. The van der Waals surface area contributed by atoms with Gasteiger partial charge in [0, 0.05) is 36.8 Å². The molecular weight excluding hydrogens is 362 g/mol. The summed E-state index contributed by atoms with van der Waals surface area (Å²) in [5.74, 6) is 2.27.